The van der Waals surface area contributed by atoms with Gasteiger partial charge in [0.05, 0.1) is 24.0 Å². The van der Waals surface area contributed by atoms with E-state index in [4.69, 9.17) is 26.1 Å². The van der Waals surface area contributed by atoms with Crippen molar-refractivity contribution in [2.24, 2.45) is 4.76 Å². The number of benzene rings is 1. The van der Waals surface area contributed by atoms with Crippen molar-refractivity contribution in [1.82, 2.24) is 0 Å². The molecule has 4 nitrogen and oxygen atoms in total. The van der Waals surface area contributed by atoms with E-state index in [0.717, 1.165) is 5.56 Å². The largest absolute Gasteiger partial charge is 0.310 e. The molecule has 0 atom stereocenters. The lowest BCUT2D eigenvalue weighted by Gasteiger charge is -2.23. The van der Waals surface area contributed by atoms with E-state index in [1.807, 2.05) is 58.0 Å². The van der Waals surface area contributed by atoms with E-state index in [1.54, 1.807) is 0 Å². The average molecular weight is 356 g/mol. The molecule has 0 aliphatic heterocycles. The zero-order chi connectivity index (χ0) is 16.6. The molecule has 0 spiro atoms. The number of hydrogen-bond donors (Lipinski definition) is 0. The Morgan fingerprint density at radius 3 is 2.23 bits per heavy atom. The van der Waals surface area contributed by atoms with E-state index < -0.39 is 6.64 Å². The lowest BCUT2D eigenvalue weighted by molar-refractivity contribution is 0.176. The van der Waals surface area contributed by atoms with Crippen LogP contribution in [0.5, 0.6) is 0 Å². The van der Waals surface area contributed by atoms with Crippen LogP contribution in [0.15, 0.2) is 35.1 Å². The van der Waals surface area contributed by atoms with Gasteiger partial charge >= 0.3 is 6.64 Å². The molecule has 0 amide bonds. The summed E-state index contributed by atoms with van der Waals surface area (Å²) in [4.78, 5) is 0. The maximum atomic E-state index is 8.85. The lowest BCUT2D eigenvalue weighted by Crippen LogP contribution is -2.08. The fourth-order valence-corrected chi connectivity index (χ4v) is 5.61. The molecule has 1 rings (SSSR count). The summed E-state index contributed by atoms with van der Waals surface area (Å²) in [6, 6.07) is 11.8. The van der Waals surface area contributed by atoms with Gasteiger partial charge < -0.3 is 9.05 Å². The number of nitrogens with zero attached hydrogens (tertiary/aromatic N) is 2. The van der Waals surface area contributed by atoms with E-state index in [1.165, 1.54) is 11.8 Å². The summed E-state index contributed by atoms with van der Waals surface area (Å²) in [5.74, 6) is 0.298. The molecule has 0 bridgehead atoms. The van der Waals surface area contributed by atoms with Crippen molar-refractivity contribution in [1.29, 1.82) is 5.26 Å². The van der Waals surface area contributed by atoms with Gasteiger partial charge in [0.15, 0.2) is 0 Å². The van der Waals surface area contributed by atoms with Crippen LogP contribution in [0.4, 0.5) is 0 Å². The number of rotatable bonds is 7. The maximum absolute atomic E-state index is 8.85. The van der Waals surface area contributed by atoms with Crippen LogP contribution in [0.3, 0.4) is 0 Å². The van der Waals surface area contributed by atoms with Gasteiger partial charge in [-0.1, -0.05) is 42.1 Å². The first-order valence-corrected chi connectivity index (χ1v) is 10.6. The second-order valence-electron chi connectivity index (χ2n) is 4.99. The third kappa shape index (κ3) is 7.04. The first-order valence-electron chi connectivity index (χ1n) is 6.98. The van der Waals surface area contributed by atoms with Crippen molar-refractivity contribution in [2.45, 2.75) is 39.9 Å². The van der Waals surface area contributed by atoms with Crippen LogP contribution in [0, 0.1) is 11.3 Å². The highest BCUT2D eigenvalue weighted by atomic mass is 32.5. The molecule has 0 aliphatic rings. The third-order valence-electron chi connectivity index (χ3n) is 2.20. The zero-order valence-corrected chi connectivity index (χ0v) is 15.8. The molecule has 0 aromatic heterocycles. The Hall–Kier alpha value is -0.700. The molecular formula is C15H21N2O2PS2. The Bertz CT molecular complexity index is 569. The first-order chi connectivity index (χ1) is 10.4. The van der Waals surface area contributed by atoms with E-state index in [9.17, 15) is 0 Å². The summed E-state index contributed by atoms with van der Waals surface area (Å²) in [5, 5.41) is 9.53. The highest BCUT2D eigenvalue weighted by Gasteiger charge is 2.23. The first kappa shape index (κ1) is 19.3. The van der Waals surface area contributed by atoms with E-state index in [-0.39, 0.29) is 12.2 Å². The van der Waals surface area contributed by atoms with E-state index in [2.05, 4.69) is 10.8 Å². The summed E-state index contributed by atoms with van der Waals surface area (Å²) >= 11 is 6.91. The van der Waals surface area contributed by atoms with Gasteiger partial charge in [-0.25, -0.2) is 0 Å². The molecule has 0 radical (unpaired) electrons. The molecule has 0 fully saturated rings. The molecule has 0 heterocycles. The van der Waals surface area contributed by atoms with Crippen LogP contribution in [-0.4, -0.2) is 23.0 Å². The van der Waals surface area contributed by atoms with Gasteiger partial charge in [0.1, 0.15) is 5.04 Å². The zero-order valence-electron chi connectivity index (χ0n) is 13.2. The van der Waals surface area contributed by atoms with Crippen LogP contribution < -0.4 is 0 Å². The topological polar surface area (TPSA) is 54.6 Å². The van der Waals surface area contributed by atoms with Crippen molar-refractivity contribution >= 4 is 35.3 Å². The smallest absolute Gasteiger partial charge is 0.310 e. The molecule has 22 heavy (non-hydrogen) atoms. The molecule has 0 unspecified atom stereocenters. The Kier molecular flexibility index (Phi) is 8.30. The van der Waals surface area contributed by atoms with Gasteiger partial charge in [0, 0.05) is 5.56 Å². The minimum absolute atomic E-state index is 0.0775. The predicted molar refractivity (Wildman–Crippen MR) is 97.8 cm³/mol. The third-order valence-corrected chi connectivity index (χ3v) is 5.79. The minimum atomic E-state index is -2.80. The van der Waals surface area contributed by atoms with Crippen LogP contribution in [0.25, 0.3) is 0 Å². The van der Waals surface area contributed by atoms with Crippen LogP contribution in [-0.2, 0) is 20.9 Å². The summed E-state index contributed by atoms with van der Waals surface area (Å²) < 4.78 is 16.2. The standard InChI is InChI=1S/C15H21N2O2PS2/c1-12(2)18-20(21,19-13(3)4)17-15(22-11-10-16)14-8-6-5-7-9-14/h5-9,12-13H,11H2,1-4H3. The lowest BCUT2D eigenvalue weighted by atomic mass is 10.2. The quantitative estimate of drug-likeness (QED) is 0.400. The molecule has 1 aromatic carbocycles. The SMILES string of the molecule is CC(C)OP(=S)(N=C(SCC#N)c1ccccc1)OC(C)C. The summed E-state index contributed by atoms with van der Waals surface area (Å²) in [6.45, 7) is 4.83. The van der Waals surface area contributed by atoms with Gasteiger partial charge in [0.2, 0.25) is 0 Å². The minimum Gasteiger partial charge on any atom is -0.310 e. The normalized spacial score (nSPS) is 12.7. The molecule has 0 saturated heterocycles. The Morgan fingerprint density at radius 2 is 1.77 bits per heavy atom. The van der Waals surface area contributed by atoms with Crippen LogP contribution in [0.1, 0.15) is 33.3 Å². The van der Waals surface area contributed by atoms with E-state index >= 15 is 0 Å². The van der Waals surface area contributed by atoms with Crippen molar-refractivity contribution in [3.8, 4) is 6.07 Å². The Balaban J connectivity index is 3.20. The average Bonchev–Trinajstić information content (AvgIpc) is 2.42. The van der Waals surface area contributed by atoms with Gasteiger partial charge in [0.25, 0.3) is 0 Å². The van der Waals surface area contributed by atoms with Gasteiger partial charge in [-0.15, -0.1) is 0 Å². The maximum Gasteiger partial charge on any atom is 0.310 e. The number of thioether (sulfide) groups is 1. The second-order valence-corrected chi connectivity index (χ2v) is 8.90. The molecular weight excluding hydrogens is 335 g/mol. The highest BCUT2D eigenvalue weighted by molar-refractivity contribution is 8.16. The highest BCUT2D eigenvalue weighted by Crippen LogP contribution is 2.53. The number of nitriles is 1. The molecule has 0 saturated carbocycles. The van der Waals surface area contributed by atoms with Crippen LogP contribution >= 0.6 is 18.4 Å². The monoisotopic (exact) mass is 356 g/mol. The fraction of sp³-hybridized carbons (Fsp3) is 0.467. The molecule has 120 valence electrons. The van der Waals surface area contributed by atoms with Gasteiger partial charge in [-0.05, 0) is 39.5 Å². The summed E-state index contributed by atoms with van der Waals surface area (Å²) in [5.41, 5.74) is 0.914. The van der Waals surface area contributed by atoms with Crippen molar-refractivity contribution in [2.75, 3.05) is 5.75 Å². The number of hydrogen-bond acceptors (Lipinski definition) is 5. The van der Waals surface area contributed by atoms with Crippen LogP contribution in [0.2, 0.25) is 0 Å². The van der Waals surface area contributed by atoms with Crippen molar-refractivity contribution in [3.63, 3.8) is 0 Å². The Morgan fingerprint density at radius 1 is 1.23 bits per heavy atom. The van der Waals surface area contributed by atoms with Crippen molar-refractivity contribution < 1.29 is 9.05 Å². The molecule has 0 aliphatic carbocycles. The fourth-order valence-electron chi connectivity index (χ4n) is 1.57. The van der Waals surface area contributed by atoms with E-state index in [0.29, 0.717) is 10.8 Å². The molecule has 7 heteroatoms. The predicted octanol–water partition coefficient (Wildman–Crippen LogP) is 4.76. The molecule has 0 N–H and O–H groups in total. The second kappa shape index (κ2) is 9.44. The van der Waals surface area contributed by atoms with Crippen molar-refractivity contribution in [3.05, 3.63) is 35.9 Å². The molecule has 1 aromatic rings. The van der Waals surface area contributed by atoms with Gasteiger partial charge in [-0.3, -0.25) is 0 Å². The summed E-state index contributed by atoms with van der Waals surface area (Å²) in [7, 11) is 0. The van der Waals surface area contributed by atoms with Gasteiger partial charge in [-0.2, -0.15) is 10.0 Å². The Labute approximate surface area is 142 Å². The summed E-state index contributed by atoms with van der Waals surface area (Å²) in [6.07, 6.45) is -0.155.